The van der Waals surface area contributed by atoms with Crippen molar-refractivity contribution in [2.45, 2.75) is 77.0 Å². The molecule has 1 amide bonds. The predicted molar refractivity (Wildman–Crippen MR) is 133 cm³/mol. The highest BCUT2D eigenvalue weighted by atomic mass is 16.3. The zero-order valence-electron chi connectivity index (χ0n) is 20.5. The third-order valence-electron chi connectivity index (χ3n) is 8.60. The lowest BCUT2D eigenvalue weighted by molar-refractivity contribution is -0.152. The van der Waals surface area contributed by atoms with Crippen LogP contribution >= 0.6 is 0 Å². The summed E-state index contributed by atoms with van der Waals surface area (Å²) >= 11 is 0. The van der Waals surface area contributed by atoms with Crippen LogP contribution in [0.5, 0.6) is 0 Å². The molecule has 1 aromatic rings. The number of benzene rings is 1. The molecule has 34 heavy (non-hydrogen) atoms. The second-order valence-corrected chi connectivity index (χ2v) is 10.8. The summed E-state index contributed by atoms with van der Waals surface area (Å²) in [6.45, 7) is 8.38. The number of rotatable bonds is 2. The van der Waals surface area contributed by atoms with Gasteiger partial charge in [0.2, 0.25) is 5.91 Å². The quantitative estimate of drug-likeness (QED) is 0.455. The Morgan fingerprint density at radius 2 is 1.82 bits per heavy atom. The van der Waals surface area contributed by atoms with Gasteiger partial charge in [0.1, 0.15) is 11.2 Å². The summed E-state index contributed by atoms with van der Waals surface area (Å²) in [5.74, 6) is -1.18. The van der Waals surface area contributed by atoms with Gasteiger partial charge >= 0.3 is 0 Å². The number of ketones is 1. The Bertz CT molecular complexity index is 941. The van der Waals surface area contributed by atoms with Crippen LogP contribution in [-0.2, 0) is 16.0 Å². The molecule has 5 nitrogen and oxygen atoms in total. The van der Waals surface area contributed by atoms with E-state index in [4.69, 9.17) is 0 Å². The molecule has 2 fully saturated rings. The lowest BCUT2D eigenvalue weighted by atomic mass is 9.51. The average Bonchev–Trinajstić information content (AvgIpc) is 3.11. The van der Waals surface area contributed by atoms with Gasteiger partial charge in [-0.25, -0.2) is 0 Å². The van der Waals surface area contributed by atoms with E-state index in [9.17, 15) is 19.8 Å². The largest absolute Gasteiger partial charge is 0.393 e. The second-order valence-electron chi connectivity index (χ2n) is 10.8. The van der Waals surface area contributed by atoms with Crippen molar-refractivity contribution >= 4 is 11.7 Å². The molecule has 184 valence electrons. The number of allylic oxidation sites excluding steroid dienone is 1. The summed E-state index contributed by atoms with van der Waals surface area (Å²) in [7, 11) is 0. The van der Waals surface area contributed by atoms with Crippen LogP contribution in [0, 0.1) is 29.1 Å². The molecule has 3 aliphatic rings. The van der Waals surface area contributed by atoms with Crippen molar-refractivity contribution in [3.05, 3.63) is 60.2 Å². The van der Waals surface area contributed by atoms with Gasteiger partial charge in [-0.05, 0) is 48.7 Å². The second kappa shape index (κ2) is 10.2. The van der Waals surface area contributed by atoms with Gasteiger partial charge in [-0.3, -0.25) is 9.59 Å². The molecule has 1 spiro atoms. The number of hydrogen-bond donors (Lipinski definition) is 3. The molecule has 0 radical (unpaired) electrons. The molecule has 2 aliphatic carbocycles. The maximum absolute atomic E-state index is 14.0. The van der Waals surface area contributed by atoms with E-state index in [0.717, 1.165) is 24.8 Å². The highest BCUT2D eigenvalue weighted by Crippen LogP contribution is 2.56. The Kier molecular flexibility index (Phi) is 7.44. The minimum absolute atomic E-state index is 0.134. The van der Waals surface area contributed by atoms with Crippen LogP contribution in [0.25, 0.3) is 0 Å². The monoisotopic (exact) mass is 465 g/mol. The van der Waals surface area contributed by atoms with E-state index in [1.54, 1.807) is 0 Å². The summed E-state index contributed by atoms with van der Waals surface area (Å²) in [6.07, 6.45) is 6.94. The fourth-order valence-electron chi connectivity index (χ4n) is 6.67. The first-order valence-electron chi connectivity index (χ1n) is 12.9. The standard InChI is InChI=1S/C29H39NO4/c1-18-9-7-13-22(31)15-16-25(32)29-23(14-8-10-18)27(33)20(3)19(2)26(29)24(30-28(29)34)17-21-11-5-4-6-12-21/h4-6,8,11-12,14,18-19,22-24,26-27,31,33H,3,7,9-10,13,15-17H2,1-2H3,(H,30,34)/b14-8+/t18-,19-,22-,23+,24+,26+,27-,29-/m1/s1. The van der Waals surface area contributed by atoms with Gasteiger partial charge in [0.15, 0.2) is 0 Å². The molecule has 8 atom stereocenters. The van der Waals surface area contributed by atoms with Gasteiger partial charge in [-0.1, -0.05) is 75.8 Å². The molecule has 0 unspecified atom stereocenters. The molecular weight excluding hydrogens is 426 g/mol. The lowest BCUT2D eigenvalue weighted by Gasteiger charge is -2.49. The van der Waals surface area contributed by atoms with Crippen molar-refractivity contribution in [1.29, 1.82) is 0 Å². The Morgan fingerprint density at radius 3 is 2.56 bits per heavy atom. The van der Waals surface area contributed by atoms with Crippen LogP contribution in [0.4, 0.5) is 0 Å². The van der Waals surface area contributed by atoms with Crippen molar-refractivity contribution in [3.63, 3.8) is 0 Å². The molecular formula is C29H39NO4. The van der Waals surface area contributed by atoms with Crippen molar-refractivity contribution in [2.24, 2.45) is 29.1 Å². The molecule has 3 N–H and O–H groups in total. The van der Waals surface area contributed by atoms with Gasteiger partial charge < -0.3 is 15.5 Å². The van der Waals surface area contributed by atoms with E-state index in [-0.39, 0.29) is 36.0 Å². The normalized spacial score (nSPS) is 40.2. The van der Waals surface area contributed by atoms with E-state index >= 15 is 0 Å². The Hall–Kier alpha value is -2.24. The number of aliphatic hydroxyl groups excluding tert-OH is 2. The van der Waals surface area contributed by atoms with E-state index in [1.807, 2.05) is 49.4 Å². The zero-order valence-corrected chi connectivity index (χ0v) is 20.5. The Labute approximate surface area is 203 Å². The number of amides is 1. The van der Waals surface area contributed by atoms with E-state index in [1.165, 1.54) is 0 Å². The zero-order chi connectivity index (χ0) is 24.5. The summed E-state index contributed by atoms with van der Waals surface area (Å²) in [6, 6.07) is 9.77. The van der Waals surface area contributed by atoms with Gasteiger partial charge in [0, 0.05) is 24.3 Å². The first kappa shape index (κ1) is 24.9. The number of carbonyl (C=O) groups excluding carboxylic acids is 2. The minimum atomic E-state index is -1.35. The fourth-order valence-corrected chi connectivity index (χ4v) is 6.67. The van der Waals surface area contributed by atoms with Crippen molar-refractivity contribution in [1.82, 2.24) is 5.32 Å². The van der Waals surface area contributed by atoms with Crippen LogP contribution in [-0.4, -0.2) is 40.2 Å². The maximum Gasteiger partial charge on any atom is 0.235 e. The average molecular weight is 466 g/mol. The van der Waals surface area contributed by atoms with E-state index < -0.39 is 23.5 Å². The summed E-state index contributed by atoms with van der Waals surface area (Å²) < 4.78 is 0. The predicted octanol–water partition coefficient (Wildman–Crippen LogP) is 3.99. The van der Waals surface area contributed by atoms with Gasteiger partial charge in [0.05, 0.1) is 12.2 Å². The first-order valence-corrected chi connectivity index (χ1v) is 12.9. The number of hydrogen-bond acceptors (Lipinski definition) is 4. The number of carbonyl (C=O) groups is 2. The summed E-state index contributed by atoms with van der Waals surface area (Å²) in [5.41, 5.74) is 0.435. The fraction of sp³-hybridized carbons (Fsp3) is 0.586. The topological polar surface area (TPSA) is 86.6 Å². The van der Waals surface area contributed by atoms with Crippen LogP contribution in [0.1, 0.15) is 57.9 Å². The molecule has 1 heterocycles. The molecule has 4 rings (SSSR count). The van der Waals surface area contributed by atoms with Crippen LogP contribution < -0.4 is 5.32 Å². The SMILES string of the molecule is C=C1[C@@H](C)[C@H]2[C@H](Cc3ccccc3)NC(=O)[C@]23C(=O)CC[C@H](O)CCC[C@@H](C)C/C=C/[C@H]3[C@@H]1O. The molecule has 1 saturated heterocycles. The minimum Gasteiger partial charge on any atom is -0.393 e. The maximum atomic E-state index is 14.0. The number of Topliss-reactive ketones (excluding diaryl/α,β-unsaturated/α-hetero) is 1. The molecule has 0 bridgehead atoms. The van der Waals surface area contributed by atoms with Crippen molar-refractivity contribution in [2.75, 3.05) is 0 Å². The highest BCUT2D eigenvalue weighted by Gasteiger charge is 2.68. The van der Waals surface area contributed by atoms with Gasteiger partial charge in [-0.2, -0.15) is 0 Å². The molecule has 1 saturated carbocycles. The van der Waals surface area contributed by atoms with Crippen LogP contribution in [0.15, 0.2) is 54.6 Å². The van der Waals surface area contributed by atoms with Gasteiger partial charge in [0.25, 0.3) is 0 Å². The van der Waals surface area contributed by atoms with Crippen molar-refractivity contribution < 1.29 is 19.8 Å². The molecule has 1 aliphatic heterocycles. The lowest BCUT2D eigenvalue weighted by Crippen LogP contribution is -2.58. The van der Waals surface area contributed by atoms with Crippen LogP contribution in [0.3, 0.4) is 0 Å². The Balaban J connectivity index is 1.79. The Morgan fingerprint density at radius 1 is 1.09 bits per heavy atom. The summed E-state index contributed by atoms with van der Waals surface area (Å²) in [4.78, 5) is 27.9. The van der Waals surface area contributed by atoms with Crippen LogP contribution in [0.2, 0.25) is 0 Å². The van der Waals surface area contributed by atoms with Crippen molar-refractivity contribution in [3.8, 4) is 0 Å². The number of aliphatic hydroxyl groups is 2. The number of nitrogens with one attached hydrogen (secondary N) is 1. The summed E-state index contributed by atoms with van der Waals surface area (Å²) in [5, 5.41) is 25.0. The van der Waals surface area contributed by atoms with Gasteiger partial charge in [-0.15, -0.1) is 0 Å². The third kappa shape index (κ3) is 4.40. The first-order chi connectivity index (χ1) is 16.3. The smallest absolute Gasteiger partial charge is 0.235 e. The highest BCUT2D eigenvalue weighted by molar-refractivity contribution is 6.09. The van der Waals surface area contributed by atoms with E-state index in [0.29, 0.717) is 30.8 Å². The third-order valence-corrected chi connectivity index (χ3v) is 8.60. The molecule has 5 heteroatoms. The molecule has 0 aromatic heterocycles. The molecule has 1 aromatic carbocycles. The van der Waals surface area contributed by atoms with E-state index in [2.05, 4.69) is 18.8 Å².